The fourth-order valence-corrected chi connectivity index (χ4v) is 2.95. The Kier molecular flexibility index (Phi) is 4.98. The first-order valence-corrected chi connectivity index (χ1v) is 7.86. The van der Waals surface area contributed by atoms with Crippen molar-refractivity contribution in [2.45, 2.75) is 53.0 Å². The summed E-state index contributed by atoms with van der Waals surface area (Å²) in [6.45, 7) is 10.3. The van der Waals surface area contributed by atoms with E-state index in [2.05, 4.69) is 44.7 Å². The molecule has 1 aromatic rings. The summed E-state index contributed by atoms with van der Waals surface area (Å²) in [7, 11) is 0. The topological polar surface area (TPSA) is 20.3 Å². The van der Waals surface area contributed by atoms with Gasteiger partial charge in [0.15, 0.2) is 5.78 Å². The number of Topliss-reactive ketones (excluding diaryl/α,β-unsaturated/α-hetero) is 1. The Morgan fingerprint density at radius 3 is 2.50 bits per heavy atom. The third-order valence-electron chi connectivity index (χ3n) is 4.10. The first kappa shape index (κ1) is 15.2. The summed E-state index contributed by atoms with van der Waals surface area (Å²) in [4.78, 5) is 14.8. The number of carbonyl (C=O) groups is 1. The summed E-state index contributed by atoms with van der Waals surface area (Å²) >= 11 is 0. The average molecular weight is 273 g/mol. The molecule has 0 unspecified atom stereocenters. The Morgan fingerprint density at radius 1 is 1.15 bits per heavy atom. The van der Waals surface area contributed by atoms with Gasteiger partial charge in [-0.25, -0.2) is 0 Å². The summed E-state index contributed by atoms with van der Waals surface area (Å²) in [5.41, 5.74) is 3.71. The smallest absolute Gasteiger partial charge is 0.176 e. The number of aryl methyl sites for hydroxylation is 2. The fraction of sp³-hybridized carbons (Fsp3) is 0.611. The SMILES string of the molecule is CC(C)CN(CC(=O)c1ccc2c(c1)CCC2)C(C)C. The number of hydrogen-bond acceptors (Lipinski definition) is 2. The molecule has 1 aromatic carbocycles. The molecule has 0 atom stereocenters. The molecule has 0 radical (unpaired) electrons. The molecule has 2 rings (SSSR count). The fourth-order valence-electron chi connectivity index (χ4n) is 2.95. The lowest BCUT2D eigenvalue weighted by molar-refractivity contribution is 0.0892. The van der Waals surface area contributed by atoms with E-state index in [1.807, 2.05) is 6.07 Å². The zero-order valence-corrected chi connectivity index (χ0v) is 13.3. The predicted octanol–water partition coefficient (Wildman–Crippen LogP) is 3.72. The van der Waals surface area contributed by atoms with Gasteiger partial charge in [-0.05, 0) is 56.2 Å². The minimum Gasteiger partial charge on any atom is -0.293 e. The van der Waals surface area contributed by atoms with Crippen LogP contribution < -0.4 is 0 Å². The zero-order valence-electron chi connectivity index (χ0n) is 13.3. The molecule has 1 aliphatic rings. The van der Waals surface area contributed by atoms with E-state index < -0.39 is 0 Å². The van der Waals surface area contributed by atoms with E-state index in [1.54, 1.807) is 0 Å². The van der Waals surface area contributed by atoms with Crippen LogP contribution in [0.15, 0.2) is 18.2 Å². The maximum atomic E-state index is 12.5. The van der Waals surface area contributed by atoms with E-state index in [-0.39, 0.29) is 5.78 Å². The summed E-state index contributed by atoms with van der Waals surface area (Å²) in [5, 5.41) is 0. The normalized spacial score (nSPS) is 14.3. The number of benzene rings is 1. The molecule has 20 heavy (non-hydrogen) atoms. The Labute approximate surface area is 123 Å². The van der Waals surface area contributed by atoms with Gasteiger partial charge in [-0.15, -0.1) is 0 Å². The Hall–Kier alpha value is -1.15. The molecule has 0 saturated carbocycles. The number of carbonyl (C=O) groups excluding carboxylic acids is 1. The standard InChI is InChI=1S/C18H27NO/c1-13(2)11-19(14(3)4)12-18(20)17-9-8-15-6-5-7-16(15)10-17/h8-10,13-14H,5-7,11-12H2,1-4H3. The highest BCUT2D eigenvalue weighted by Crippen LogP contribution is 2.23. The van der Waals surface area contributed by atoms with Crippen LogP contribution >= 0.6 is 0 Å². The Morgan fingerprint density at radius 2 is 1.85 bits per heavy atom. The van der Waals surface area contributed by atoms with E-state index in [0.29, 0.717) is 18.5 Å². The lowest BCUT2D eigenvalue weighted by Crippen LogP contribution is -2.38. The van der Waals surface area contributed by atoms with Crippen LogP contribution in [0.3, 0.4) is 0 Å². The van der Waals surface area contributed by atoms with Gasteiger partial charge in [0.25, 0.3) is 0 Å². The second-order valence-corrected chi connectivity index (χ2v) is 6.68. The van der Waals surface area contributed by atoms with E-state index in [0.717, 1.165) is 18.5 Å². The Balaban J connectivity index is 2.06. The van der Waals surface area contributed by atoms with E-state index in [1.165, 1.54) is 24.0 Å². The van der Waals surface area contributed by atoms with Crippen LogP contribution in [0.4, 0.5) is 0 Å². The van der Waals surface area contributed by atoms with Gasteiger partial charge in [-0.3, -0.25) is 9.69 Å². The maximum absolute atomic E-state index is 12.5. The lowest BCUT2D eigenvalue weighted by Gasteiger charge is -2.27. The molecule has 0 spiro atoms. The van der Waals surface area contributed by atoms with E-state index >= 15 is 0 Å². The van der Waals surface area contributed by atoms with Crippen LogP contribution in [0, 0.1) is 5.92 Å². The molecule has 0 fully saturated rings. The van der Waals surface area contributed by atoms with Crippen molar-refractivity contribution in [1.82, 2.24) is 4.90 Å². The van der Waals surface area contributed by atoms with Crippen LogP contribution in [-0.4, -0.2) is 29.8 Å². The largest absolute Gasteiger partial charge is 0.293 e. The number of fused-ring (bicyclic) bond motifs is 1. The van der Waals surface area contributed by atoms with Crippen molar-refractivity contribution in [2.75, 3.05) is 13.1 Å². The second kappa shape index (κ2) is 6.53. The zero-order chi connectivity index (χ0) is 14.7. The highest BCUT2D eigenvalue weighted by atomic mass is 16.1. The molecule has 1 aliphatic carbocycles. The van der Waals surface area contributed by atoms with Gasteiger partial charge in [0.05, 0.1) is 6.54 Å². The molecule has 2 heteroatoms. The predicted molar refractivity (Wildman–Crippen MR) is 84.3 cm³/mol. The van der Waals surface area contributed by atoms with Crippen molar-refractivity contribution >= 4 is 5.78 Å². The van der Waals surface area contributed by atoms with Crippen LogP contribution in [-0.2, 0) is 12.8 Å². The number of ketones is 1. The van der Waals surface area contributed by atoms with Gasteiger partial charge in [0, 0.05) is 18.2 Å². The molecule has 0 N–H and O–H groups in total. The average Bonchev–Trinajstić information content (AvgIpc) is 2.84. The first-order chi connectivity index (χ1) is 9.47. The van der Waals surface area contributed by atoms with Crippen LogP contribution in [0.25, 0.3) is 0 Å². The number of nitrogens with zero attached hydrogens (tertiary/aromatic N) is 1. The third kappa shape index (κ3) is 3.69. The van der Waals surface area contributed by atoms with Gasteiger partial charge in [-0.1, -0.05) is 26.0 Å². The molecule has 0 aliphatic heterocycles. The highest BCUT2D eigenvalue weighted by molar-refractivity contribution is 5.97. The minimum absolute atomic E-state index is 0.258. The van der Waals surface area contributed by atoms with Crippen molar-refractivity contribution in [2.24, 2.45) is 5.92 Å². The second-order valence-electron chi connectivity index (χ2n) is 6.68. The quantitative estimate of drug-likeness (QED) is 0.736. The van der Waals surface area contributed by atoms with Crippen molar-refractivity contribution in [1.29, 1.82) is 0 Å². The summed E-state index contributed by atoms with van der Waals surface area (Å²) in [6, 6.07) is 6.70. The number of hydrogen-bond donors (Lipinski definition) is 0. The minimum atomic E-state index is 0.258. The highest BCUT2D eigenvalue weighted by Gasteiger charge is 2.18. The molecule has 0 saturated heterocycles. The van der Waals surface area contributed by atoms with Gasteiger partial charge in [0.2, 0.25) is 0 Å². The Bertz CT molecular complexity index is 476. The van der Waals surface area contributed by atoms with Crippen molar-refractivity contribution in [3.05, 3.63) is 34.9 Å². The van der Waals surface area contributed by atoms with Crippen LogP contribution in [0.1, 0.15) is 55.6 Å². The van der Waals surface area contributed by atoms with E-state index in [9.17, 15) is 4.79 Å². The van der Waals surface area contributed by atoms with Crippen molar-refractivity contribution < 1.29 is 4.79 Å². The molecule has 2 nitrogen and oxygen atoms in total. The lowest BCUT2D eigenvalue weighted by atomic mass is 10.0. The van der Waals surface area contributed by atoms with Gasteiger partial charge in [-0.2, -0.15) is 0 Å². The summed E-state index contributed by atoms with van der Waals surface area (Å²) in [6.07, 6.45) is 3.55. The molecule has 0 bridgehead atoms. The number of rotatable bonds is 6. The molecule has 110 valence electrons. The van der Waals surface area contributed by atoms with E-state index in [4.69, 9.17) is 0 Å². The summed E-state index contributed by atoms with van der Waals surface area (Å²) < 4.78 is 0. The summed E-state index contributed by atoms with van der Waals surface area (Å²) in [5.74, 6) is 0.847. The van der Waals surface area contributed by atoms with Gasteiger partial charge < -0.3 is 0 Å². The van der Waals surface area contributed by atoms with Crippen molar-refractivity contribution in [3.8, 4) is 0 Å². The molecular formula is C18H27NO. The van der Waals surface area contributed by atoms with Gasteiger partial charge >= 0.3 is 0 Å². The van der Waals surface area contributed by atoms with Crippen molar-refractivity contribution in [3.63, 3.8) is 0 Å². The third-order valence-corrected chi connectivity index (χ3v) is 4.10. The molecule has 0 amide bonds. The van der Waals surface area contributed by atoms with Crippen LogP contribution in [0.5, 0.6) is 0 Å². The molecular weight excluding hydrogens is 246 g/mol. The van der Waals surface area contributed by atoms with Gasteiger partial charge in [0.1, 0.15) is 0 Å². The maximum Gasteiger partial charge on any atom is 0.176 e. The first-order valence-electron chi connectivity index (χ1n) is 7.86. The molecule has 0 aromatic heterocycles. The monoisotopic (exact) mass is 273 g/mol. The molecule has 0 heterocycles. The van der Waals surface area contributed by atoms with Crippen LogP contribution in [0.2, 0.25) is 0 Å².